The molecule has 1 amide bonds. The van der Waals surface area contributed by atoms with Gasteiger partial charge in [-0.2, -0.15) is 0 Å². The lowest BCUT2D eigenvalue weighted by molar-refractivity contribution is -0.253. The number of methoxy groups -OCH3 is 2. The van der Waals surface area contributed by atoms with Gasteiger partial charge in [0.25, 0.3) is 5.91 Å². The molecule has 2 aliphatic heterocycles. The summed E-state index contributed by atoms with van der Waals surface area (Å²) in [6.45, 7) is 2.88. The highest BCUT2D eigenvalue weighted by atomic mass is 16.7. The molecule has 0 saturated carbocycles. The molecule has 3 aromatic carbocycles. The molecule has 234 valence electrons. The zero-order valence-electron chi connectivity index (χ0n) is 25.6. The SMILES string of the molecule is COc1cc2c(cc1OC)CN(CC1CC(c3ccc(CO)cc3)OC(c3ccc(CNC(=O)c4cccnc4)cc3)O1)CC2. The molecule has 6 rings (SSSR count). The van der Waals surface area contributed by atoms with Crippen LogP contribution in [0.25, 0.3) is 0 Å². The molecule has 2 aliphatic rings. The van der Waals surface area contributed by atoms with E-state index in [0.29, 0.717) is 18.5 Å². The summed E-state index contributed by atoms with van der Waals surface area (Å²) in [6, 6.07) is 23.6. The van der Waals surface area contributed by atoms with Crippen molar-refractivity contribution in [3.63, 3.8) is 0 Å². The number of hydrogen-bond donors (Lipinski definition) is 2. The third-order valence-corrected chi connectivity index (χ3v) is 8.50. The van der Waals surface area contributed by atoms with Crippen molar-refractivity contribution in [3.05, 3.63) is 124 Å². The monoisotopic (exact) mass is 609 g/mol. The van der Waals surface area contributed by atoms with E-state index in [1.165, 1.54) is 11.1 Å². The van der Waals surface area contributed by atoms with Gasteiger partial charge >= 0.3 is 0 Å². The van der Waals surface area contributed by atoms with Gasteiger partial charge < -0.3 is 29.4 Å². The maximum Gasteiger partial charge on any atom is 0.253 e. The Morgan fingerprint density at radius 2 is 1.67 bits per heavy atom. The predicted molar refractivity (Wildman–Crippen MR) is 169 cm³/mol. The Balaban J connectivity index is 1.16. The van der Waals surface area contributed by atoms with E-state index in [2.05, 4.69) is 27.3 Å². The van der Waals surface area contributed by atoms with Crippen molar-refractivity contribution >= 4 is 5.91 Å². The van der Waals surface area contributed by atoms with Gasteiger partial charge in [0.2, 0.25) is 0 Å². The molecule has 0 bridgehead atoms. The number of nitrogens with zero attached hydrogens (tertiary/aromatic N) is 2. The molecule has 0 radical (unpaired) electrons. The first kappa shape index (κ1) is 30.7. The number of carbonyl (C=O) groups excluding carboxylic acids is 1. The number of pyridine rings is 1. The molecular formula is C36H39N3O6. The first-order valence-electron chi connectivity index (χ1n) is 15.3. The number of ether oxygens (including phenoxy) is 4. The lowest BCUT2D eigenvalue weighted by Gasteiger charge is -2.39. The van der Waals surface area contributed by atoms with Gasteiger partial charge in [0.15, 0.2) is 17.8 Å². The number of benzene rings is 3. The Kier molecular flexibility index (Phi) is 9.71. The van der Waals surface area contributed by atoms with E-state index in [1.54, 1.807) is 38.7 Å². The van der Waals surface area contributed by atoms with E-state index in [-0.39, 0.29) is 24.7 Å². The highest BCUT2D eigenvalue weighted by molar-refractivity contribution is 5.93. The third-order valence-electron chi connectivity index (χ3n) is 8.50. The van der Waals surface area contributed by atoms with Crippen molar-refractivity contribution in [2.24, 2.45) is 0 Å². The number of nitrogens with one attached hydrogen (secondary N) is 1. The Morgan fingerprint density at radius 1 is 0.956 bits per heavy atom. The van der Waals surface area contributed by atoms with Crippen LogP contribution in [0, 0.1) is 0 Å². The number of aliphatic hydroxyl groups is 1. The maximum atomic E-state index is 12.5. The van der Waals surface area contributed by atoms with Crippen LogP contribution in [0.1, 0.15) is 62.6 Å². The zero-order chi connectivity index (χ0) is 31.2. The maximum absolute atomic E-state index is 12.5. The van der Waals surface area contributed by atoms with Crippen LogP contribution in [0.2, 0.25) is 0 Å². The molecule has 1 fully saturated rings. The minimum Gasteiger partial charge on any atom is -0.493 e. The fourth-order valence-corrected chi connectivity index (χ4v) is 5.99. The van der Waals surface area contributed by atoms with Crippen LogP contribution in [-0.2, 0) is 35.6 Å². The van der Waals surface area contributed by atoms with Crippen molar-refractivity contribution in [3.8, 4) is 11.5 Å². The lowest BCUT2D eigenvalue weighted by atomic mass is 9.97. The van der Waals surface area contributed by atoms with Gasteiger partial charge in [-0.05, 0) is 58.5 Å². The molecule has 0 aliphatic carbocycles. The van der Waals surface area contributed by atoms with Gasteiger partial charge in [-0.15, -0.1) is 0 Å². The molecule has 4 aromatic rings. The summed E-state index contributed by atoms with van der Waals surface area (Å²) in [7, 11) is 3.33. The first-order chi connectivity index (χ1) is 22.0. The lowest BCUT2D eigenvalue weighted by Crippen LogP contribution is -2.41. The summed E-state index contributed by atoms with van der Waals surface area (Å²) in [5.74, 6) is 1.34. The van der Waals surface area contributed by atoms with Crippen molar-refractivity contribution in [2.45, 2.75) is 51.0 Å². The Labute approximate surface area is 263 Å². The Bertz CT molecular complexity index is 1580. The third kappa shape index (κ3) is 7.34. The van der Waals surface area contributed by atoms with Crippen LogP contribution in [0.3, 0.4) is 0 Å². The van der Waals surface area contributed by atoms with E-state index >= 15 is 0 Å². The van der Waals surface area contributed by atoms with E-state index in [4.69, 9.17) is 18.9 Å². The average molecular weight is 610 g/mol. The van der Waals surface area contributed by atoms with Crippen LogP contribution >= 0.6 is 0 Å². The second-order valence-corrected chi connectivity index (χ2v) is 11.5. The number of hydrogen-bond acceptors (Lipinski definition) is 8. The number of fused-ring (bicyclic) bond motifs is 1. The Hall–Kier alpha value is -4.28. The van der Waals surface area contributed by atoms with Crippen LogP contribution in [0.4, 0.5) is 0 Å². The van der Waals surface area contributed by atoms with Crippen molar-refractivity contribution in [1.29, 1.82) is 0 Å². The summed E-state index contributed by atoms with van der Waals surface area (Å²) >= 11 is 0. The second-order valence-electron chi connectivity index (χ2n) is 11.5. The van der Waals surface area contributed by atoms with Crippen LogP contribution in [-0.4, -0.2) is 54.3 Å². The van der Waals surface area contributed by atoms with E-state index < -0.39 is 6.29 Å². The van der Waals surface area contributed by atoms with Gasteiger partial charge in [-0.1, -0.05) is 48.5 Å². The second kappa shape index (κ2) is 14.2. The summed E-state index contributed by atoms with van der Waals surface area (Å²) in [5, 5.41) is 12.5. The Morgan fingerprint density at radius 3 is 2.36 bits per heavy atom. The fraction of sp³-hybridized carbons (Fsp3) is 0.333. The zero-order valence-corrected chi connectivity index (χ0v) is 25.6. The van der Waals surface area contributed by atoms with Crippen molar-refractivity contribution < 1.29 is 28.8 Å². The molecule has 9 heteroatoms. The quantitative estimate of drug-likeness (QED) is 0.255. The molecular weight excluding hydrogens is 570 g/mol. The van der Waals surface area contributed by atoms with E-state index in [0.717, 1.165) is 59.8 Å². The molecule has 2 N–H and O–H groups in total. The number of aromatic nitrogens is 1. The minimum absolute atomic E-state index is 0.00228. The molecule has 1 aromatic heterocycles. The summed E-state index contributed by atoms with van der Waals surface area (Å²) in [6.07, 6.45) is 4.05. The van der Waals surface area contributed by atoms with Crippen LogP contribution < -0.4 is 14.8 Å². The highest BCUT2D eigenvalue weighted by Gasteiger charge is 2.34. The van der Waals surface area contributed by atoms with Crippen LogP contribution in [0.15, 0.2) is 85.2 Å². The van der Waals surface area contributed by atoms with Gasteiger partial charge in [-0.25, -0.2) is 0 Å². The summed E-state index contributed by atoms with van der Waals surface area (Å²) in [5.41, 5.74) is 6.86. The van der Waals surface area contributed by atoms with Gasteiger partial charge in [-0.3, -0.25) is 14.7 Å². The van der Waals surface area contributed by atoms with Gasteiger partial charge in [0.05, 0.1) is 38.6 Å². The summed E-state index contributed by atoms with van der Waals surface area (Å²) < 4.78 is 24.2. The number of carbonyl (C=O) groups is 1. The molecule has 3 heterocycles. The highest BCUT2D eigenvalue weighted by Crippen LogP contribution is 2.39. The smallest absolute Gasteiger partial charge is 0.253 e. The molecule has 3 atom stereocenters. The van der Waals surface area contributed by atoms with Crippen molar-refractivity contribution in [1.82, 2.24) is 15.2 Å². The number of aliphatic hydroxyl groups excluding tert-OH is 1. The fourth-order valence-electron chi connectivity index (χ4n) is 5.99. The average Bonchev–Trinajstić information content (AvgIpc) is 3.10. The van der Waals surface area contributed by atoms with E-state index in [1.807, 2.05) is 48.5 Å². The standard InChI is InChI=1S/C36H39N3O6/c1-42-33-16-28-13-15-39(21-30(28)17-34(33)43-2)22-31-18-32(26-9-7-25(23-40)8-10-26)45-36(44-31)27-11-5-24(6-12-27)19-38-35(41)29-4-3-14-37-20-29/h3-12,14,16-17,20,31-32,36,40H,13,15,18-19,21-23H2,1-2H3,(H,38,41). The number of amides is 1. The molecule has 1 saturated heterocycles. The minimum atomic E-state index is -0.549. The molecule has 9 nitrogen and oxygen atoms in total. The first-order valence-corrected chi connectivity index (χ1v) is 15.3. The topological polar surface area (TPSA) is 102 Å². The summed E-state index contributed by atoms with van der Waals surface area (Å²) in [4.78, 5) is 18.9. The molecule has 3 unspecified atom stereocenters. The normalized spacial score (nSPS) is 19.8. The van der Waals surface area contributed by atoms with E-state index in [9.17, 15) is 9.90 Å². The molecule has 0 spiro atoms. The number of rotatable bonds is 10. The van der Waals surface area contributed by atoms with Crippen molar-refractivity contribution in [2.75, 3.05) is 27.3 Å². The largest absolute Gasteiger partial charge is 0.493 e. The molecule has 45 heavy (non-hydrogen) atoms. The van der Waals surface area contributed by atoms with Gasteiger partial charge in [0.1, 0.15) is 0 Å². The van der Waals surface area contributed by atoms with Gasteiger partial charge in [0, 0.05) is 50.6 Å². The predicted octanol–water partition coefficient (Wildman–Crippen LogP) is 5.12. The van der Waals surface area contributed by atoms with Crippen LogP contribution in [0.5, 0.6) is 11.5 Å².